The van der Waals surface area contributed by atoms with Crippen molar-refractivity contribution in [2.24, 2.45) is 5.92 Å². The quantitative estimate of drug-likeness (QED) is 0.822. The van der Waals surface area contributed by atoms with Crippen LogP contribution >= 0.6 is 12.4 Å². The van der Waals surface area contributed by atoms with Crippen LogP contribution in [-0.2, 0) is 22.6 Å². The second-order valence-electron chi connectivity index (χ2n) is 7.51. The Morgan fingerprint density at radius 3 is 2.31 bits per heavy atom. The summed E-state index contributed by atoms with van der Waals surface area (Å²) in [6, 6.07) is 8.62. The van der Waals surface area contributed by atoms with Crippen molar-refractivity contribution in [2.45, 2.75) is 52.0 Å². The highest BCUT2D eigenvalue weighted by molar-refractivity contribution is 5.85. The van der Waals surface area contributed by atoms with Crippen molar-refractivity contribution in [3.63, 3.8) is 0 Å². The molecule has 0 bridgehead atoms. The standard InChI is InChI=1S/C20H31N3O2.ClH/c1-15-12-23(13-16(2)25-15)14-18-5-3-17(4-6-18)11-22-20(24)19-7-9-21-10-8-19;/h3-6,15-16,19,21H,7-14H2,1-2H3,(H,22,24);1H. The molecule has 2 atom stereocenters. The van der Waals surface area contributed by atoms with Gasteiger partial charge in [-0.25, -0.2) is 0 Å². The monoisotopic (exact) mass is 381 g/mol. The number of nitrogens with one attached hydrogen (secondary N) is 2. The van der Waals surface area contributed by atoms with E-state index in [1.54, 1.807) is 0 Å². The van der Waals surface area contributed by atoms with Gasteiger partial charge >= 0.3 is 0 Å². The zero-order valence-electron chi connectivity index (χ0n) is 15.9. The number of piperidine rings is 1. The largest absolute Gasteiger partial charge is 0.373 e. The average Bonchev–Trinajstić information content (AvgIpc) is 2.61. The molecule has 1 aromatic carbocycles. The van der Waals surface area contributed by atoms with Crippen LogP contribution < -0.4 is 10.6 Å². The van der Waals surface area contributed by atoms with Crippen LogP contribution in [0.1, 0.15) is 37.8 Å². The molecule has 0 aliphatic carbocycles. The number of benzene rings is 1. The summed E-state index contributed by atoms with van der Waals surface area (Å²) in [6.07, 6.45) is 2.49. The molecular weight excluding hydrogens is 350 g/mol. The first-order valence-electron chi connectivity index (χ1n) is 9.54. The Bertz CT molecular complexity index is 551. The summed E-state index contributed by atoms with van der Waals surface area (Å²) in [4.78, 5) is 14.7. The normalized spacial score (nSPS) is 24.7. The molecule has 3 rings (SSSR count). The molecule has 2 aliphatic rings. The predicted molar refractivity (Wildman–Crippen MR) is 106 cm³/mol. The SMILES string of the molecule is CC1CN(Cc2ccc(CNC(=O)C3CCNCC3)cc2)CC(C)O1.Cl. The highest BCUT2D eigenvalue weighted by atomic mass is 35.5. The average molecular weight is 382 g/mol. The van der Waals surface area contributed by atoms with E-state index in [9.17, 15) is 4.79 Å². The molecule has 2 saturated heterocycles. The first-order chi connectivity index (χ1) is 12.1. The maximum absolute atomic E-state index is 12.2. The zero-order valence-corrected chi connectivity index (χ0v) is 16.7. The van der Waals surface area contributed by atoms with E-state index in [1.165, 1.54) is 5.56 Å². The minimum absolute atomic E-state index is 0. The lowest BCUT2D eigenvalue weighted by molar-refractivity contribution is -0.125. The second-order valence-corrected chi connectivity index (χ2v) is 7.51. The maximum Gasteiger partial charge on any atom is 0.223 e. The highest BCUT2D eigenvalue weighted by Crippen LogP contribution is 2.15. The number of rotatable bonds is 5. The van der Waals surface area contributed by atoms with Gasteiger partial charge in [-0.2, -0.15) is 0 Å². The number of ether oxygens (including phenoxy) is 1. The fraction of sp³-hybridized carbons (Fsp3) is 0.650. The van der Waals surface area contributed by atoms with Gasteiger partial charge in [-0.1, -0.05) is 24.3 Å². The van der Waals surface area contributed by atoms with Crippen molar-refractivity contribution in [1.29, 1.82) is 0 Å². The van der Waals surface area contributed by atoms with Gasteiger partial charge in [0.05, 0.1) is 12.2 Å². The predicted octanol–water partition coefficient (Wildman–Crippen LogP) is 2.33. The minimum atomic E-state index is 0. The Morgan fingerprint density at radius 1 is 1.12 bits per heavy atom. The molecule has 2 N–H and O–H groups in total. The number of hydrogen-bond acceptors (Lipinski definition) is 4. The van der Waals surface area contributed by atoms with Crippen molar-refractivity contribution in [2.75, 3.05) is 26.2 Å². The summed E-state index contributed by atoms with van der Waals surface area (Å²) in [5.74, 6) is 0.368. The molecule has 26 heavy (non-hydrogen) atoms. The van der Waals surface area contributed by atoms with Crippen molar-refractivity contribution >= 4 is 18.3 Å². The van der Waals surface area contributed by atoms with Gasteiger partial charge in [-0.05, 0) is 50.9 Å². The van der Waals surface area contributed by atoms with E-state index in [0.717, 1.165) is 51.1 Å². The molecule has 5 nitrogen and oxygen atoms in total. The molecule has 2 fully saturated rings. The molecule has 2 aliphatic heterocycles. The molecule has 0 radical (unpaired) electrons. The van der Waals surface area contributed by atoms with E-state index in [-0.39, 0.29) is 24.2 Å². The van der Waals surface area contributed by atoms with Crippen molar-refractivity contribution in [3.8, 4) is 0 Å². The van der Waals surface area contributed by atoms with Gasteiger partial charge in [-0.15, -0.1) is 12.4 Å². The van der Waals surface area contributed by atoms with Crippen LogP contribution in [0.2, 0.25) is 0 Å². The number of carbonyl (C=O) groups is 1. The lowest BCUT2D eigenvalue weighted by Gasteiger charge is -2.35. The number of amides is 1. The van der Waals surface area contributed by atoms with Gasteiger partial charge in [0.25, 0.3) is 0 Å². The van der Waals surface area contributed by atoms with E-state index in [2.05, 4.69) is 53.6 Å². The van der Waals surface area contributed by atoms with Crippen molar-refractivity contribution in [3.05, 3.63) is 35.4 Å². The first-order valence-corrected chi connectivity index (χ1v) is 9.54. The Morgan fingerprint density at radius 2 is 1.69 bits per heavy atom. The van der Waals surface area contributed by atoms with Crippen LogP contribution in [-0.4, -0.2) is 49.2 Å². The van der Waals surface area contributed by atoms with Gasteiger partial charge in [0.15, 0.2) is 0 Å². The maximum atomic E-state index is 12.2. The van der Waals surface area contributed by atoms with E-state index < -0.39 is 0 Å². The zero-order chi connectivity index (χ0) is 17.6. The molecular formula is C20H32ClN3O2. The minimum Gasteiger partial charge on any atom is -0.373 e. The number of nitrogens with zero attached hydrogens (tertiary/aromatic N) is 1. The molecule has 0 saturated carbocycles. The highest BCUT2D eigenvalue weighted by Gasteiger charge is 2.22. The third-order valence-electron chi connectivity index (χ3n) is 5.10. The summed E-state index contributed by atoms with van der Waals surface area (Å²) >= 11 is 0. The summed E-state index contributed by atoms with van der Waals surface area (Å²) < 4.78 is 5.79. The molecule has 1 aromatic rings. The van der Waals surface area contributed by atoms with E-state index in [0.29, 0.717) is 18.8 Å². The van der Waals surface area contributed by atoms with Crippen molar-refractivity contribution < 1.29 is 9.53 Å². The Hall–Kier alpha value is -1.14. The Balaban J connectivity index is 0.00000243. The smallest absolute Gasteiger partial charge is 0.223 e. The summed E-state index contributed by atoms with van der Waals surface area (Å²) in [5, 5.41) is 6.38. The third kappa shape index (κ3) is 6.23. The van der Waals surface area contributed by atoms with Crippen LogP contribution in [0.25, 0.3) is 0 Å². The lowest BCUT2D eigenvalue weighted by atomic mass is 9.97. The van der Waals surface area contributed by atoms with Gasteiger partial charge in [0, 0.05) is 32.1 Å². The molecule has 1 amide bonds. The van der Waals surface area contributed by atoms with Crippen LogP contribution in [0.3, 0.4) is 0 Å². The van der Waals surface area contributed by atoms with Crippen LogP contribution in [0, 0.1) is 5.92 Å². The fourth-order valence-electron chi connectivity index (χ4n) is 3.85. The number of hydrogen-bond donors (Lipinski definition) is 2. The van der Waals surface area contributed by atoms with Gasteiger partial charge in [-0.3, -0.25) is 9.69 Å². The van der Waals surface area contributed by atoms with E-state index >= 15 is 0 Å². The molecule has 6 heteroatoms. The van der Waals surface area contributed by atoms with E-state index in [1.807, 2.05) is 0 Å². The summed E-state index contributed by atoms with van der Waals surface area (Å²) in [7, 11) is 0. The fourth-order valence-corrected chi connectivity index (χ4v) is 3.85. The molecule has 2 unspecified atom stereocenters. The van der Waals surface area contributed by atoms with Gasteiger partial charge in [0.1, 0.15) is 0 Å². The van der Waals surface area contributed by atoms with Gasteiger partial charge in [0.2, 0.25) is 5.91 Å². The topological polar surface area (TPSA) is 53.6 Å². The summed E-state index contributed by atoms with van der Waals surface area (Å²) in [5.41, 5.74) is 2.48. The summed E-state index contributed by atoms with van der Waals surface area (Å²) in [6.45, 7) is 9.72. The first kappa shape index (κ1) is 21.2. The Labute approximate surface area is 163 Å². The molecule has 0 aromatic heterocycles. The number of morpholine rings is 1. The van der Waals surface area contributed by atoms with Crippen LogP contribution in [0.4, 0.5) is 0 Å². The second kappa shape index (κ2) is 10.3. The Kier molecular flexibility index (Phi) is 8.35. The number of carbonyl (C=O) groups excluding carboxylic acids is 1. The molecule has 2 heterocycles. The van der Waals surface area contributed by atoms with Gasteiger partial charge < -0.3 is 15.4 Å². The van der Waals surface area contributed by atoms with Crippen molar-refractivity contribution in [1.82, 2.24) is 15.5 Å². The third-order valence-corrected chi connectivity index (χ3v) is 5.10. The van der Waals surface area contributed by atoms with Crippen LogP contribution in [0.15, 0.2) is 24.3 Å². The van der Waals surface area contributed by atoms with Crippen LogP contribution in [0.5, 0.6) is 0 Å². The number of halogens is 1. The molecule has 0 spiro atoms. The lowest BCUT2D eigenvalue weighted by Crippen LogP contribution is -2.44. The van der Waals surface area contributed by atoms with E-state index in [4.69, 9.17) is 4.74 Å². The molecule has 146 valence electrons.